The van der Waals surface area contributed by atoms with Crippen molar-refractivity contribution in [3.05, 3.63) is 22.8 Å². The summed E-state index contributed by atoms with van der Waals surface area (Å²) in [6.45, 7) is 2.96. The second-order valence-electron chi connectivity index (χ2n) is 0.780. The van der Waals surface area contributed by atoms with Crippen LogP contribution in [0.4, 0.5) is 0 Å². The summed E-state index contributed by atoms with van der Waals surface area (Å²) in [6, 6.07) is 0. The van der Waals surface area contributed by atoms with E-state index in [1.807, 2.05) is 0 Å². The lowest BCUT2D eigenvalue weighted by molar-refractivity contribution is -0.742. The molecule has 0 atom stereocenters. The number of hydrogen-bond donors (Lipinski definition) is 2. The molecular formula is C3H5NO5. The Kier molecular flexibility index (Phi) is 7.41. The lowest BCUT2D eigenvalue weighted by Gasteiger charge is -1.64. The van der Waals surface area contributed by atoms with Crippen molar-refractivity contribution in [2.75, 3.05) is 0 Å². The topological polar surface area (TPSA) is 101 Å². The predicted molar refractivity (Wildman–Crippen MR) is 26.6 cm³/mol. The molecule has 0 aliphatic carbocycles. The fraction of sp³-hybridized carbons (Fsp3) is 0. The molecule has 0 aromatic heterocycles. The van der Waals surface area contributed by atoms with Gasteiger partial charge >= 0.3 is 5.97 Å². The molecule has 0 saturated carbocycles. The van der Waals surface area contributed by atoms with Gasteiger partial charge in [0.15, 0.2) is 0 Å². The molecule has 0 aliphatic rings. The summed E-state index contributed by atoms with van der Waals surface area (Å²) in [5.74, 6) is -0.981. The Morgan fingerprint density at radius 3 is 1.89 bits per heavy atom. The van der Waals surface area contributed by atoms with Crippen molar-refractivity contribution >= 4 is 5.97 Å². The molecule has 6 heteroatoms. The molecule has 0 fully saturated rings. The zero-order chi connectivity index (χ0) is 7.86. The molecular weight excluding hydrogens is 130 g/mol. The normalized spacial score (nSPS) is 6.22. The van der Waals surface area contributed by atoms with Gasteiger partial charge in [-0.1, -0.05) is 6.58 Å². The molecule has 0 bridgehead atoms. The number of carboxylic acid groups (broad SMARTS) is 1. The monoisotopic (exact) mass is 135 g/mol. The van der Waals surface area contributed by atoms with Crippen LogP contribution in [0, 0.1) is 10.1 Å². The van der Waals surface area contributed by atoms with Crippen LogP contribution in [0.25, 0.3) is 0 Å². The molecule has 0 rings (SSSR count). The van der Waals surface area contributed by atoms with E-state index in [9.17, 15) is 4.79 Å². The summed E-state index contributed by atoms with van der Waals surface area (Å²) in [6.07, 6.45) is 0.833. The van der Waals surface area contributed by atoms with Gasteiger partial charge in [0, 0.05) is 6.08 Å². The quantitative estimate of drug-likeness (QED) is 0.297. The zero-order valence-corrected chi connectivity index (χ0v) is 4.35. The third kappa shape index (κ3) is 742. The van der Waals surface area contributed by atoms with Crippen LogP contribution in [0.2, 0.25) is 0 Å². The smallest absolute Gasteiger partial charge is 0.327 e. The molecule has 0 heterocycles. The van der Waals surface area contributed by atoms with Crippen molar-refractivity contribution in [2.24, 2.45) is 0 Å². The molecule has 0 aromatic rings. The van der Waals surface area contributed by atoms with Crippen LogP contribution in [0.5, 0.6) is 0 Å². The Hall–Kier alpha value is -1.59. The number of carboxylic acids is 1. The summed E-state index contributed by atoms with van der Waals surface area (Å²) >= 11 is 0. The highest BCUT2D eigenvalue weighted by Crippen LogP contribution is 1.54. The fourth-order valence-electron chi connectivity index (χ4n) is 0. The van der Waals surface area contributed by atoms with Gasteiger partial charge in [0.05, 0.1) is 0 Å². The van der Waals surface area contributed by atoms with E-state index in [-0.39, 0.29) is 0 Å². The maximum absolute atomic E-state index is 9.25. The third-order valence-electron chi connectivity index (χ3n) is 0.175. The van der Waals surface area contributed by atoms with Crippen molar-refractivity contribution in [1.29, 1.82) is 0 Å². The average Bonchev–Trinajstić information content (AvgIpc) is 1.65. The zero-order valence-electron chi connectivity index (χ0n) is 4.35. The summed E-state index contributed by atoms with van der Waals surface area (Å²) in [7, 11) is 0. The highest BCUT2D eigenvalue weighted by molar-refractivity contribution is 5.78. The van der Waals surface area contributed by atoms with Crippen LogP contribution in [0.3, 0.4) is 0 Å². The Morgan fingerprint density at radius 1 is 1.78 bits per heavy atom. The summed E-state index contributed by atoms with van der Waals surface area (Å²) < 4.78 is 0. The van der Waals surface area contributed by atoms with Crippen LogP contribution in [-0.4, -0.2) is 21.4 Å². The fourth-order valence-corrected chi connectivity index (χ4v) is 0. The molecule has 0 spiro atoms. The van der Waals surface area contributed by atoms with Crippen LogP contribution in [0.1, 0.15) is 0 Å². The maximum Gasteiger partial charge on any atom is 0.327 e. The molecule has 0 aliphatic heterocycles. The minimum atomic E-state index is -1.50. The predicted octanol–water partition coefficient (Wildman–Crippen LogP) is -0.0907. The lowest BCUT2D eigenvalue weighted by atomic mass is 10.7. The van der Waals surface area contributed by atoms with Gasteiger partial charge in [-0.25, -0.2) is 4.79 Å². The van der Waals surface area contributed by atoms with Gasteiger partial charge in [0.2, 0.25) is 0 Å². The lowest BCUT2D eigenvalue weighted by Crippen LogP contribution is -1.82. The number of rotatable bonds is 1. The number of carbonyl (C=O) groups is 1. The van der Waals surface area contributed by atoms with Crippen LogP contribution >= 0.6 is 0 Å². The number of nitrogens with zero attached hydrogens (tertiary/aromatic N) is 1. The molecule has 0 unspecified atom stereocenters. The van der Waals surface area contributed by atoms with Crippen LogP contribution in [0.15, 0.2) is 12.7 Å². The van der Waals surface area contributed by atoms with E-state index in [2.05, 4.69) is 6.58 Å². The van der Waals surface area contributed by atoms with E-state index in [0.717, 1.165) is 6.08 Å². The van der Waals surface area contributed by atoms with E-state index in [1.54, 1.807) is 0 Å². The highest BCUT2D eigenvalue weighted by Gasteiger charge is 1.73. The van der Waals surface area contributed by atoms with Crippen molar-refractivity contribution in [3.63, 3.8) is 0 Å². The van der Waals surface area contributed by atoms with Gasteiger partial charge < -0.3 is 10.3 Å². The third-order valence-corrected chi connectivity index (χ3v) is 0.175. The van der Waals surface area contributed by atoms with E-state index < -0.39 is 11.1 Å². The second kappa shape index (κ2) is 6.41. The highest BCUT2D eigenvalue weighted by atomic mass is 16.9. The first-order valence-corrected chi connectivity index (χ1v) is 1.69. The van der Waals surface area contributed by atoms with E-state index in [1.165, 1.54) is 0 Å². The van der Waals surface area contributed by atoms with Gasteiger partial charge in [-0.15, -0.1) is 10.1 Å². The van der Waals surface area contributed by atoms with Gasteiger partial charge in [-0.2, -0.15) is 0 Å². The first-order chi connectivity index (χ1) is 4.00. The molecule has 0 saturated heterocycles. The van der Waals surface area contributed by atoms with Crippen molar-refractivity contribution < 1.29 is 20.2 Å². The Balaban J connectivity index is 0. The largest absolute Gasteiger partial charge is 0.478 e. The SMILES string of the molecule is C=CC(=O)O.O=[N+]([O-])O. The summed E-state index contributed by atoms with van der Waals surface area (Å²) in [5.41, 5.74) is 0. The van der Waals surface area contributed by atoms with Crippen molar-refractivity contribution in [1.82, 2.24) is 0 Å². The standard InChI is InChI=1S/C3H4O2.HNO3/c1-2-3(4)5;2-1(3)4/h2H,1H2,(H,4,5);(H,2,3,4). The molecule has 9 heavy (non-hydrogen) atoms. The van der Waals surface area contributed by atoms with Gasteiger partial charge in [0.1, 0.15) is 0 Å². The van der Waals surface area contributed by atoms with Crippen LogP contribution in [-0.2, 0) is 4.79 Å². The average molecular weight is 135 g/mol. The van der Waals surface area contributed by atoms with Crippen LogP contribution < -0.4 is 0 Å². The Labute approximate surface area is 50.1 Å². The summed E-state index contributed by atoms with van der Waals surface area (Å²) in [4.78, 5) is 17.6. The maximum atomic E-state index is 9.25. The van der Waals surface area contributed by atoms with Crippen molar-refractivity contribution in [3.8, 4) is 0 Å². The Bertz CT molecular complexity index is 115. The van der Waals surface area contributed by atoms with Crippen molar-refractivity contribution in [2.45, 2.75) is 0 Å². The Morgan fingerprint density at radius 2 is 1.89 bits per heavy atom. The van der Waals surface area contributed by atoms with E-state index >= 15 is 0 Å². The van der Waals surface area contributed by atoms with E-state index in [0.29, 0.717) is 0 Å². The number of aliphatic carboxylic acids is 1. The minimum absolute atomic E-state index is 0.833. The molecule has 0 radical (unpaired) electrons. The van der Waals surface area contributed by atoms with E-state index in [4.69, 9.17) is 20.4 Å². The van der Waals surface area contributed by atoms with Gasteiger partial charge in [0.25, 0.3) is 5.09 Å². The molecule has 0 amide bonds. The molecule has 0 aromatic carbocycles. The first-order valence-electron chi connectivity index (χ1n) is 1.69. The summed E-state index contributed by atoms with van der Waals surface area (Å²) in [5, 5.41) is 21.2. The van der Waals surface area contributed by atoms with Gasteiger partial charge in [-0.05, 0) is 0 Å². The molecule has 52 valence electrons. The second-order valence-corrected chi connectivity index (χ2v) is 0.780. The molecule has 6 nitrogen and oxygen atoms in total. The minimum Gasteiger partial charge on any atom is -0.478 e. The molecule has 2 N–H and O–H groups in total. The first kappa shape index (κ1) is 10.4. The number of hydrogen-bond acceptors (Lipinski definition) is 3. The van der Waals surface area contributed by atoms with Gasteiger partial charge in [-0.3, -0.25) is 0 Å².